The summed E-state index contributed by atoms with van der Waals surface area (Å²) in [5.41, 5.74) is 0.115. The van der Waals surface area contributed by atoms with Crippen molar-refractivity contribution in [3.05, 3.63) is 60.3 Å². The molecule has 192 valence electrons. The highest BCUT2D eigenvalue weighted by molar-refractivity contribution is 5.97. The summed E-state index contributed by atoms with van der Waals surface area (Å²) in [6, 6.07) is 8.30. The molecule has 0 spiro atoms. The van der Waals surface area contributed by atoms with Crippen molar-refractivity contribution in [3.63, 3.8) is 0 Å². The molecule has 1 aliphatic rings. The molecule has 2 N–H and O–H groups in total. The van der Waals surface area contributed by atoms with Crippen LogP contribution in [0.2, 0.25) is 0 Å². The zero-order chi connectivity index (χ0) is 26.2. The van der Waals surface area contributed by atoms with E-state index in [0.717, 1.165) is 25.5 Å². The fourth-order valence-corrected chi connectivity index (χ4v) is 4.22. The van der Waals surface area contributed by atoms with Crippen LogP contribution in [0.5, 0.6) is 0 Å². The number of nitrogens with zero attached hydrogens (tertiary/aromatic N) is 5. The minimum absolute atomic E-state index is 0.144. The molecule has 1 aromatic carbocycles. The third kappa shape index (κ3) is 4.96. The van der Waals surface area contributed by atoms with E-state index in [1.807, 2.05) is 0 Å². The van der Waals surface area contributed by atoms with Gasteiger partial charge in [0.2, 0.25) is 0 Å². The predicted molar refractivity (Wildman–Crippen MR) is 126 cm³/mol. The molecule has 4 aromatic rings. The van der Waals surface area contributed by atoms with Crippen molar-refractivity contribution >= 4 is 5.91 Å². The molecule has 5 rings (SSSR count). The molecule has 0 radical (unpaired) electrons. The number of carbonyl (C=O) groups excluding carboxylic acids is 1. The summed E-state index contributed by atoms with van der Waals surface area (Å²) < 4.78 is 48.6. The highest BCUT2D eigenvalue weighted by atomic mass is 19.4. The van der Waals surface area contributed by atoms with Crippen LogP contribution in [0.1, 0.15) is 42.2 Å². The number of benzene rings is 1. The first kappa shape index (κ1) is 24.6. The molecule has 37 heavy (non-hydrogen) atoms. The molecule has 1 unspecified atom stereocenters. The van der Waals surface area contributed by atoms with Gasteiger partial charge in [-0.05, 0) is 44.4 Å². The average Bonchev–Trinajstić information content (AvgIpc) is 3.46. The highest BCUT2D eigenvalue weighted by Crippen LogP contribution is 2.44. The zero-order valence-corrected chi connectivity index (χ0v) is 19.7. The van der Waals surface area contributed by atoms with Crippen molar-refractivity contribution in [1.29, 1.82) is 0 Å². The first-order valence-electron chi connectivity index (χ1n) is 11.7. The second kappa shape index (κ2) is 9.77. The van der Waals surface area contributed by atoms with Crippen molar-refractivity contribution in [2.75, 3.05) is 0 Å². The van der Waals surface area contributed by atoms with E-state index in [4.69, 9.17) is 4.52 Å². The second-order valence-corrected chi connectivity index (χ2v) is 8.95. The van der Waals surface area contributed by atoms with Crippen molar-refractivity contribution in [2.45, 2.75) is 51.1 Å². The van der Waals surface area contributed by atoms with Gasteiger partial charge in [-0.1, -0.05) is 17.3 Å². The fourth-order valence-electron chi connectivity index (χ4n) is 4.22. The summed E-state index contributed by atoms with van der Waals surface area (Å²) in [5.74, 6) is -0.431. The lowest BCUT2D eigenvalue weighted by Gasteiger charge is -2.26. The van der Waals surface area contributed by atoms with Gasteiger partial charge in [0.25, 0.3) is 5.91 Å². The molecule has 1 aliphatic carbocycles. The number of aliphatic hydroxyl groups excluding tert-OH is 1. The van der Waals surface area contributed by atoms with E-state index >= 15 is 0 Å². The number of hydrogen-bond donors (Lipinski definition) is 2. The van der Waals surface area contributed by atoms with Crippen LogP contribution in [0.25, 0.3) is 33.8 Å². The van der Waals surface area contributed by atoms with Crippen LogP contribution in [-0.4, -0.2) is 48.1 Å². The molecule has 0 aliphatic heterocycles. The average molecular weight is 512 g/mol. The Morgan fingerprint density at radius 3 is 2.76 bits per heavy atom. The zero-order valence-electron chi connectivity index (χ0n) is 19.7. The Morgan fingerprint density at radius 2 is 2.11 bits per heavy atom. The molecule has 1 amide bonds. The van der Waals surface area contributed by atoms with Gasteiger partial charge in [0.05, 0.1) is 35.7 Å². The van der Waals surface area contributed by atoms with E-state index in [-0.39, 0.29) is 46.8 Å². The summed E-state index contributed by atoms with van der Waals surface area (Å²) in [6.45, 7) is 1.01. The normalized spacial score (nSPS) is 14.8. The monoisotopic (exact) mass is 512 g/mol. The molecule has 0 saturated heterocycles. The third-order valence-electron chi connectivity index (χ3n) is 6.16. The van der Waals surface area contributed by atoms with Gasteiger partial charge in [-0.25, -0.2) is 9.97 Å². The highest BCUT2D eigenvalue weighted by Gasteiger charge is 2.41. The number of hydrogen-bond acceptors (Lipinski definition) is 7. The molecule has 12 heteroatoms. The molecule has 3 aromatic heterocycles. The van der Waals surface area contributed by atoms with Gasteiger partial charge in [0, 0.05) is 23.4 Å². The number of alkyl halides is 3. The molecule has 1 atom stereocenters. The van der Waals surface area contributed by atoms with Crippen LogP contribution in [0, 0.1) is 0 Å². The first-order valence-corrected chi connectivity index (χ1v) is 11.7. The Bertz CT molecular complexity index is 1410. The van der Waals surface area contributed by atoms with Gasteiger partial charge in [0.15, 0.2) is 11.5 Å². The molecular weight excluding hydrogens is 489 g/mol. The smallest absolute Gasteiger partial charge is 0.391 e. The van der Waals surface area contributed by atoms with Crippen LogP contribution < -0.4 is 5.32 Å². The molecule has 0 bridgehead atoms. The standard InChI is InChI=1S/C25H23F3N6O3/c1-14(35)12-34-23(25(26,27)28)18(11-31-34)22-20(19-8-9-29-13-30-19)21(33-37-22)15-4-2-5-16(10-15)24(36)32-17-6-3-7-17/h2,4-5,8-11,13-14,17,35H,3,6-7,12H2,1H3,(H,32,36). The Kier molecular flexibility index (Phi) is 6.50. The maximum Gasteiger partial charge on any atom is 0.433 e. The van der Waals surface area contributed by atoms with E-state index in [0.29, 0.717) is 15.8 Å². The van der Waals surface area contributed by atoms with Crippen molar-refractivity contribution in [3.8, 4) is 33.8 Å². The van der Waals surface area contributed by atoms with E-state index in [1.54, 1.807) is 24.3 Å². The Morgan fingerprint density at radius 1 is 1.30 bits per heavy atom. The minimum atomic E-state index is -4.80. The summed E-state index contributed by atoms with van der Waals surface area (Å²) in [7, 11) is 0. The summed E-state index contributed by atoms with van der Waals surface area (Å²) in [6.07, 6.45) is 0.823. The van der Waals surface area contributed by atoms with Gasteiger partial charge in [-0.15, -0.1) is 0 Å². The second-order valence-electron chi connectivity index (χ2n) is 8.95. The molecular formula is C25H23F3N6O3. The molecule has 9 nitrogen and oxygen atoms in total. The predicted octanol–water partition coefficient (Wildman–Crippen LogP) is 4.34. The third-order valence-corrected chi connectivity index (χ3v) is 6.16. The van der Waals surface area contributed by atoms with Crippen LogP contribution in [-0.2, 0) is 12.7 Å². The van der Waals surface area contributed by atoms with Crippen LogP contribution in [0.15, 0.2) is 53.6 Å². The quantitative estimate of drug-likeness (QED) is 0.378. The topological polar surface area (TPSA) is 119 Å². The van der Waals surface area contributed by atoms with Gasteiger partial charge >= 0.3 is 6.18 Å². The number of halogens is 3. The van der Waals surface area contributed by atoms with Crippen molar-refractivity contribution in [1.82, 2.24) is 30.2 Å². The molecule has 3 heterocycles. The minimum Gasteiger partial charge on any atom is -0.391 e. The van der Waals surface area contributed by atoms with Crippen LogP contribution in [0.3, 0.4) is 0 Å². The Labute approximate surface area is 209 Å². The van der Waals surface area contributed by atoms with Crippen LogP contribution in [0.4, 0.5) is 13.2 Å². The van der Waals surface area contributed by atoms with E-state index < -0.39 is 18.0 Å². The van der Waals surface area contributed by atoms with Crippen molar-refractivity contribution < 1.29 is 27.6 Å². The van der Waals surface area contributed by atoms with Crippen LogP contribution >= 0.6 is 0 Å². The maximum absolute atomic E-state index is 14.1. The number of aromatic nitrogens is 5. The largest absolute Gasteiger partial charge is 0.433 e. The van der Waals surface area contributed by atoms with Gasteiger partial charge < -0.3 is 14.9 Å². The number of amides is 1. The summed E-state index contributed by atoms with van der Waals surface area (Å²) >= 11 is 0. The van der Waals surface area contributed by atoms with E-state index in [2.05, 4.69) is 25.5 Å². The van der Waals surface area contributed by atoms with Crippen molar-refractivity contribution in [2.24, 2.45) is 0 Å². The number of nitrogens with one attached hydrogen (secondary N) is 1. The van der Waals surface area contributed by atoms with Gasteiger partial charge in [-0.3, -0.25) is 9.48 Å². The lowest BCUT2D eigenvalue weighted by Crippen LogP contribution is -2.39. The number of aliphatic hydroxyl groups is 1. The lowest BCUT2D eigenvalue weighted by atomic mass is 9.92. The SMILES string of the molecule is CC(O)Cn1ncc(-c2onc(-c3cccc(C(=O)NC4CCC4)c3)c2-c2ccncn2)c1C(F)(F)F. The number of carbonyl (C=O) groups is 1. The number of rotatable bonds is 7. The molecule has 1 saturated carbocycles. The fraction of sp³-hybridized carbons (Fsp3) is 0.320. The maximum atomic E-state index is 14.1. The van der Waals surface area contributed by atoms with Gasteiger partial charge in [0.1, 0.15) is 12.0 Å². The van der Waals surface area contributed by atoms with Gasteiger partial charge in [-0.2, -0.15) is 18.3 Å². The first-order chi connectivity index (χ1) is 17.7. The Balaban J connectivity index is 1.64. The summed E-state index contributed by atoms with van der Waals surface area (Å²) in [4.78, 5) is 20.8. The van der Waals surface area contributed by atoms with E-state index in [1.165, 1.54) is 25.5 Å². The Hall–Kier alpha value is -4.06. The summed E-state index contributed by atoms with van der Waals surface area (Å²) in [5, 5.41) is 20.6. The van der Waals surface area contributed by atoms with E-state index in [9.17, 15) is 23.1 Å². The lowest BCUT2D eigenvalue weighted by molar-refractivity contribution is -0.144. The molecule has 1 fully saturated rings.